The third-order valence-corrected chi connectivity index (χ3v) is 3.23. The second kappa shape index (κ2) is 4.23. The number of hydrogen-bond acceptors (Lipinski definition) is 1. The van der Waals surface area contributed by atoms with Gasteiger partial charge in [0.15, 0.2) is 0 Å². The van der Waals surface area contributed by atoms with Crippen LogP contribution in [-0.4, -0.2) is 11.9 Å². The molecule has 1 saturated heterocycles. The summed E-state index contributed by atoms with van der Waals surface area (Å²) in [6.07, 6.45) is 1.57. The van der Waals surface area contributed by atoms with Gasteiger partial charge < -0.3 is 5.32 Å². The minimum absolute atomic E-state index is 0.154. The molecule has 1 fully saturated rings. The van der Waals surface area contributed by atoms with Crippen molar-refractivity contribution in [3.05, 3.63) is 34.9 Å². The molecule has 0 unspecified atom stereocenters. The number of rotatable bonds is 2. The largest absolute Gasteiger partial charge is 0.353 e. The van der Waals surface area contributed by atoms with Crippen molar-refractivity contribution >= 4 is 17.5 Å². The molecular formula is C12H14ClNO. The van der Waals surface area contributed by atoms with Crippen LogP contribution in [0.25, 0.3) is 0 Å². The normalized spacial score (nSPS) is 25.3. The van der Waals surface area contributed by atoms with Gasteiger partial charge in [-0.05, 0) is 24.1 Å². The average Bonchev–Trinajstić information content (AvgIpc) is 2.61. The number of carbonyl (C=O) groups excluding carboxylic acids is 1. The van der Waals surface area contributed by atoms with Gasteiger partial charge >= 0.3 is 0 Å². The van der Waals surface area contributed by atoms with Gasteiger partial charge in [-0.15, -0.1) is 0 Å². The van der Waals surface area contributed by atoms with E-state index in [1.165, 1.54) is 5.56 Å². The van der Waals surface area contributed by atoms with Crippen LogP contribution < -0.4 is 5.32 Å². The molecule has 1 heterocycles. The standard InChI is InChI=1S/C12H14ClNO/c1-2-11-10(7-12(15)14-11)8-3-5-9(13)6-4-8/h3-6,10-11H,2,7H2,1H3,(H,14,15)/t10-,11-/m0/s1. The molecule has 0 spiro atoms. The molecule has 0 saturated carbocycles. The second-order valence-electron chi connectivity index (χ2n) is 3.94. The Hall–Kier alpha value is -1.02. The van der Waals surface area contributed by atoms with Crippen molar-refractivity contribution < 1.29 is 4.79 Å². The highest BCUT2D eigenvalue weighted by Crippen LogP contribution is 2.30. The molecule has 80 valence electrons. The monoisotopic (exact) mass is 223 g/mol. The van der Waals surface area contributed by atoms with Crippen LogP contribution in [0, 0.1) is 0 Å². The Kier molecular flexibility index (Phi) is 2.96. The molecule has 2 atom stereocenters. The Morgan fingerprint density at radius 2 is 2.07 bits per heavy atom. The molecule has 1 aliphatic heterocycles. The maximum Gasteiger partial charge on any atom is 0.220 e. The summed E-state index contributed by atoms with van der Waals surface area (Å²) in [6.45, 7) is 2.10. The highest BCUT2D eigenvalue weighted by Gasteiger charge is 2.31. The molecule has 0 aliphatic carbocycles. The minimum Gasteiger partial charge on any atom is -0.353 e. The molecule has 1 amide bonds. The van der Waals surface area contributed by atoms with E-state index < -0.39 is 0 Å². The quantitative estimate of drug-likeness (QED) is 0.821. The van der Waals surface area contributed by atoms with E-state index in [9.17, 15) is 4.79 Å². The van der Waals surface area contributed by atoms with Gasteiger partial charge in [-0.25, -0.2) is 0 Å². The number of hydrogen-bond donors (Lipinski definition) is 1. The number of nitrogens with one attached hydrogen (secondary N) is 1. The Labute approximate surface area is 94.6 Å². The second-order valence-corrected chi connectivity index (χ2v) is 4.38. The third-order valence-electron chi connectivity index (χ3n) is 2.98. The number of halogens is 1. The van der Waals surface area contributed by atoms with Crippen LogP contribution in [0.3, 0.4) is 0 Å². The average molecular weight is 224 g/mol. The van der Waals surface area contributed by atoms with Crippen LogP contribution in [0.2, 0.25) is 5.02 Å². The molecule has 0 radical (unpaired) electrons. The summed E-state index contributed by atoms with van der Waals surface area (Å²) in [4.78, 5) is 11.3. The van der Waals surface area contributed by atoms with Crippen molar-refractivity contribution in [3.8, 4) is 0 Å². The van der Waals surface area contributed by atoms with E-state index in [-0.39, 0.29) is 11.9 Å². The maximum atomic E-state index is 11.3. The minimum atomic E-state index is 0.154. The van der Waals surface area contributed by atoms with E-state index in [1.54, 1.807) is 0 Å². The number of amides is 1. The van der Waals surface area contributed by atoms with Crippen LogP contribution in [0.4, 0.5) is 0 Å². The van der Waals surface area contributed by atoms with Crippen LogP contribution in [0.15, 0.2) is 24.3 Å². The van der Waals surface area contributed by atoms with Crippen molar-refractivity contribution in [2.45, 2.75) is 31.7 Å². The molecule has 1 aromatic rings. The van der Waals surface area contributed by atoms with Crippen molar-refractivity contribution in [3.63, 3.8) is 0 Å². The highest BCUT2D eigenvalue weighted by molar-refractivity contribution is 6.30. The van der Waals surface area contributed by atoms with Gasteiger partial charge in [-0.1, -0.05) is 30.7 Å². The summed E-state index contributed by atoms with van der Waals surface area (Å²) in [5.41, 5.74) is 1.20. The highest BCUT2D eigenvalue weighted by atomic mass is 35.5. The van der Waals surface area contributed by atoms with Gasteiger partial charge in [0.2, 0.25) is 5.91 Å². The van der Waals surface area contributed by atoms with Crippen LogP contribution in [0.5, 0.6) is 0 Å². The zero-order valence-electron chi connectivity index (χ0n) is 8.66. The van der Waals surface area contributed by atoms with Crippen LogP contribution >= 0.6 is 11.6 Å². The molecule has 2 rings (SSSR count). The Balaban J connectivity index is 2.22. The summed E-state index contributed by atoms with van der Waals surface area (Å²) in [5, 5.41) is 3.73. The molecule has 0 aromatic heterocycles. The number of carbonyl (C=O) groups is 1. The molecule has 0 bridgehead atoms. The molecule has 2 nitrogen and oxygen atoms in total. The van der Waals surface area contributed by atoms with Crippen molar-refractivity contribution in [2.75, 3.05) is 0 Å². The van der Waals surface area contributed by atoms with Crippen molar-refractivity contribution in [1.82, 2.24) is 5.32 Å². The predicted molar refractivity (Wildman–Crippen MR) is 61.0 cm³/mol. The first kappa shape index (κ1) is 10.5. The van der Waals surface area contributed by atoms with Gasteiger partial charge in [0.05, 0.1) is 0 Å². The zero-order chi connectivity index (χ0) is 10.8. The van der Waals surface area contributed by atoms with Gasteiger partial charge in [0.25, 0.3) is 0 Å². The number of benzene rings is 1. The Morgan fingerprint density at radius 1 is 1.40 bits per heavy atom. The van der Waals surface area contributed by atoms with E-state index in [2.05, 4.69) is 12.2 Å². The molecule has 1 N–H and O–H groups in total. The van der Waals surface area contributed by atoms with Gasteiger partial charge in [-0.2, -0.15) is 0 Å². The summed E-state index contributed by atoms with van der Waals surface area (Å²) < 4.78 is 0. The van der Waals surface area contributed by atoms with E-state index in [0.29, 0.717) is 12.3 Å². The maximum absolute atomic E-state index is 11.3. The summed E-state index contributed by atoms with van der Waals surface area (Å²) in [6, 6.07) is 8.06. The lowest BCUT2D eigenvalue weighted by atomic mass is 9.91. The molecule has 1 aliphatic rings. The van der Waals surface area contributed by atoms with Gasteiger partial charge in [-0.3, -0.25) is 4.79 Å². The molecule has 15 heavy (non-hydrogen) atoms. The fourth-order valence-corrected chi connectivity index (χ4v) is 2.28. The first-order valence-electron chi connectivity index (χ1n) is 5.25. The fraction of sp³-hybridized carbons (Fsp3) is 0.417. The first-order valence-corrected chi connectivity index (χ1v) is 5.63. The van der Waals surface area contributed by atoms with Gasteiger partial charge in [0, 0.05) is 23.4 Å². The van der Waals surface area contributed by atoms with Crippen molar-refractivity contribution in [1.29, 1.82) is 0 Å². The Morgan fingerprint density at radius 3 is 2.67 bits per heavy atom. The van der Waals surface area contributed by atoms with Gasteiger partial charge in [0.1, 0.15) is 0 Å². The van der Waals surface area contributed by atoms with Crippen LogP contribution in [-0.2, 0) is 4.79 Å². The molecular weight excluding hydrogens is 210 g/mol. The zero-order valence-corrected chi connectivity index (χ0v) is 9.42. The summed E-state index contributed by atoms with van der Waals surface area (Å²) in [7, 11) is 0. The van der Waals surface area contributed by atoms with E-state index in [1.807, 2.05) is 24.3 Å². The first-order chi connectivity index (χ1) is 7.20. The topological polar surface area (TPSA) is 29.1 Å². The summed E-state index contributed by atoms with van der Waals surface area (Å²) >= 11 is 5.83. The van der Waals surface area contributed by atoms with E-state index in [4.69, 9.17) is 11.6 Å². The SMILES string of the molecule is CC[C@@H]1NC(=O)C[C@H]1c1ccc(Cl)cc1. The Bertz CT molecular complexity index is 360. The lowest BCUT2D eigenvalue weighted by molar-refractivity contribution is -0.119. The van der Waals surface area contributed by atoms with E-state index >= 15 is 0 Å². The van der Waals surface area contributed by atoms with E-state index in [0.717, 1.165) is 11.4 Å². The van der Waals surface area contributed by atoms with Crippen LogP contribution in [0.1, 0.15) is 31.2 Å². The third kappa shape index (κ3) is 2.15. The lowest BCUT2D eigenvalue weighted by Gasteiger charge is -2.17. The molecule has 1 aromatic carbocycles. The predicted octanol–water partition coefficient (Wildman–Crippen LogP) is 2.72. The summed E-state index contributed by atoms with van der Waals surface area (Å²) in [5.74, 6) is 0.460. The lowest BCUT2D eigenvalue weighted by Crippen LogP contribution is -2.27. The van der Waals surface area contributed by atoms with Crippen molar-refractivity contribution in [2.24, 2.45) is 0 Å². The smallest absolute Gasteiger partial charge is 0.220 e. The molecule has 3 heteroatoms. The fourth-order valence-electron chi connectivity index (χ4n) is 2.16.